The van der Waals surface area contributed by atoms with E-state index in [1.165, 1.54) is 0 Å². The number of hydrogen-bond donors (Lipinski definition) is 1. The van der Waals surface area contributed by atoms with E-state index in [0.717, 1.165) is 24.9 Å². The molecule has 0 bridgehead atoms. The summed E-state index contributed by atoms with van der Waals surface area (Å²) in [5.41, 5.74) is 1.37. The van der Waals surface area contributed by atoms with Crippen molar-refractivity contribution in [3.8, 4) is 0 Å². The molecule has 0 aliphatic carbocycles. The summed E-state index contributed by atoms with van der Waals surface area (Å²) in [6.45, 7) is 2.81. The zero-order valence-corrected chi connectivity index (χ0v) is 13.1. The first-order chi connectivity index (χ1) is 10.7. The minimum atomic E-state index is -0.169. The van der Waals surface area contributed by atoms with Crippen LogP contribution < -0.4 is 10.2 Å². The van der Waals surface area contributed by atoms with Gasteiger partial charge in [-0.05, 0) is 30.7 Å². The van der Waals surface area contributed by atoms with E-state index in [9.17, 15) is 4.79 Å². The summed E-state index contributed by atoms with van der Waals surface area (Å²) in [5, 5.41) is 11.0. The fourth-order valence-electron chi connectivity index (χ4n) is 2.08. The van der Waals surface area contributed by atoms with Gasteiger partial charge in [-0.3, -0.25) is 4.79 Å². The third-order valence-corrected chi connectivity index (χ3v) is 3.44. The van der Waals surface area contributed by atoms with Crippen molar-refractivity contribution in [1.29, 1.82) is 0 Å². The molecule has 5 heteroatoms. The van der Waals surface area contributed by atoms with Crippen molar-refractivity contribution in [2.45, 2.75) is 26.2 Å². The molecule has 1 amide bonds. The first-order valence-corrected chi connectivity index (χ1v) is 7.63. The molecule has 22 heavy (non-hydrogen) atoms. The van der Waals surface area contributed by atoms with Gasteiger partial charge in [0.25, 0.3) is 5.91 Å². The van der Waals surface area contributed by atoms with Crippen LogP contribution in [0.2, 0.25) is 0 Å². The average molecular weight is 298 g/mol. The second kappa shape index (κ2) is 8.12. The van der Waals surface area contributed by atoms with E-state index >= 15 is 0 Å². The van der Waals surface area contributed by atoms with Gasteiger partial charge >= 0.3 is 0 Å². The molecular weight excluding hydrogens is 276 g/mol. The fraction of sp³-hybridized carbons (Fsp3) is 0.353. The summed E-state index contributed by atoms with van der Waals surface area (Å²) >= 11 is 0. The highest BCUT2D eigenvalue weighted by atomic mass is 16.1. The Bertz CT molecular complexity index is 583. The smallest absolute Gasteiger partial charge is 0.271 e. The number of amides is 1. The van der Waals surface area contributed by atoms with Gasteiger partial charge in [-0.25, -0.2) is 0 Å². The molecular formula is C17H22N4O. The zero-order valence-electron chi connectivity index (χ0n) is 13.1. The van der Waals surface area contributed by atoms with Crippen molar-refractivity contribution in [1.82, 2.24) is 15.5 Å². The van der Waals surface area contributed by atoms with Crippen LogP contribution in [-0.4, -0.2) is 29.7 Å². The Labute approximate surface area is 131 Å². The lowest BCUT2D eigenvalue weighted by molar-refractivity contribution is 0.0947. The Hall–Kier alpha value is -2.43. The molecule has 0 aliphatic heterocycles. The highest BCUT2D eigenvalue weighted by Gasteiger charge is 2.10. The van der Waals surface area contributed by atoms with Crippen molar-refractivity contribution >= 4 is 17.4 Å². The van der Waals surface area contributed by atoms with Gasteiger partial charge in [-0.2, -0.15) is 0 Å². The summed E-state index contributed by atoms with van der Waals surface area (Å²) in [6, 6.07) is 13.4. The lowest BCUT2D eigenvalue weighted by atomic mass is 10.2. The van der Waals surface area contributed by atoms with Crippen LogP contribution in [0.3, 0.4) is 0 Å². The number of nitrogens with one attached hydrogen (secondary N) is 1. The van der Waals surface area contributed by atoms with Gasteiger partial charge in [0.1, 0.15) is 0 Å². The molecule has 0 unspecified atom stereocenters. The third-order valence-electron chi connectivity index (χ3n) is 3.44. The van der Waals surface area contributed by atoms with Gasteiger partial charge in [0.15, 0.2) is 11.5 Å². The molecule has 5 nitrogen and oxygen atoms in total. The van der Waals surface area contributed by atoms with Crippen molar-refractivity contribution in [2.24, 2.45) is 0 Å². The van der Waals surface area contributed by atoms with E-state index < -0.39 is 0 Å². The molecule has 1 aromatic heterocycles. The standard InChI is InChI=1S/C17H22N4O/c1-3-4-8-13-18-17(22)15-11-12-16(20-19-15)21(2)14-9-6-5-7-10-14/h5-7,9-12H,3-4,8,13H2,1-2H3,(H,18,22). The van der Waals surface area contributed by atoms with Gasteiger partial charge in [-0.1, -0.05) is 38.0 Å². The maximum atomic E-state index is 11.9. The fourth-order valence-corrected chi connectivity index (χ4v) is 2.08. The number of anilines is 2. The lowest BCUT2D eigenvalue weighted by Gasteiger charge is -2.17. The topological polar surface area (TPSA) is 58.1 Å². The second-order valence-corrected chi connectivity index (χ2v) is 5.13. The van der Waals surface area contributed by atoms with Gasteiger partial charge < -0.3 is 10.2 Å². The summed E-state index contributed by atoms with van der Waals surface area (Å²) in [5.74, 6) is 0.534. The van der Waals surface area contributed by atoms with Gasteiger partial charge in [0, 0.05) is 19.3 Å². The maximum Gasteiger partial charge on any atom is 0.271 e. The minimum Gasteiger partial charge on any atom is -0.351 e. The van der Waals surface area contributed by atoms with Crippen molar-refractivity contribution in [3.05, 3.63) is 48.2 Å². The Balaban J connectivity index is 1.96. The Morgan fingerprint density at radius 1 is 1.09 bits per heavy atom. The van der Waals surface area contributed by atoms with E-state index in [0.29, 0.717) is 18.1 Å². The van der Waals surface area contributed by atoms with Crippen LogP contribution in [0.25, 0.3) is 0 Å². The van der Waals surface area contributed by atoms with E-state index in [-0.39, 0.29) is 5.91 Å². The number of benzene rings is 1. The molecule has 0 saturated carbocycles. The predicted molar refractivity (Wildman–Crippen MR) is 88.4 cm³/mol. The maximum absolute atomic E-state index is 11.9. The molecule has 1 heterocycles. The Morgan fingerprint density at radius 2 is 1.86 bits per heavy atom. The lowest BCUT2D eigenvalue weighted by Crippen LogP contribution is -2.26. The molecule has 0 aliphatic rings. The van der Waals surface area contributed by atoms with E-state index in [4.69, 9.17) is 0 Å². The van der Waals surface area contributed by atoms with Crippen LogP contribution in [0.1, 0.15) is 36.7 Å². The highest BCUT2D eigenvalue weighted by Crippen LogP contribution is 2.20. The molecule has 0 saturated heterocycles. The molecule has 0 fully saturated rings. The van der Waals surface area contributed by atoms with Crippen LogP contribution in [0.15, 0.2) is 42.5 Å². The van der Waals surface area contributed by atoms with E-state index in [1.54, 1.807) is 12.1 Å². The van der Waals surface area contributed by atoms with Crippen LogP contribution >= 0.6 is 0 Å². The van der Waals surface area contributed by atoms with Crippen LogP contribution in [-0.2, 0) is 0 Å². The third kappa shape index (κ3) is 4.28. The van der Waals surface area contributed by atoms with Crippen molar-refractivity contribution in [3.63, 3.8) is 0 Å². The highest BCUT2D eigenvalue weighted by molar-refractivity contribution is 5.92. The normalized spacial score (nSPS) is 10.3. The molecule has 2 aromatic rings. The number of rotatable bonds is 7. The summed E-state index contributed by atoms with van der Waals surface area (Å²) < 4.78 is 0. The van der Waals surface area contributed by atoms with E-state index in [1.807, 2.05) is 42.3 Å². The average Bonchev–Trinajstić information content (AvgIpc) is 2.59. The van der Waals surface area contributed by atoms with Crippen molar-refractivity contribution in [2.75, 3.05) is 18.5 Å². The number of nitrogens with zero attached hydrogens (tertiary/aromatic N) is 3. The number of hydrogen-bond acceptors (Lipinski definition) is 4. The summed E-state index contributed by atoms with van der Waals surface area (Å²) in [6.07, 6.45) is 3.24. The van der Waals surface area contributed by atoms with Crippen molar-refractivity contribution < 1.29 is 4.79 Å². The molecule has 1 aromatic carbocycles. The quantitative estimate of drug-likeness (QED) is 0.798. The Morgan fingerprint density at radius 3 is 2.50 bits per heavy atom. The number of carbonyl (C=O) groups excluding carboxylic acids is 1. The van der Waals surface area contributed by atoms with Gasteiger partial charge in [0.2, 0.25) is 0 Å². The number of carbonyl (C=O) groups is 1. The molecule has 1 N–H and O–H groups in total. The second-order valence-electron chi connectivity index (χ2n) is 5.13. The van der Waals surface area contributed by atoms with Gasteiger partial charge in [0.05, 0.1) is 0 Å². The van der Waals surface area contributed by atoms with Gasteiger partial charge in [-0.15, -0.1) is 10.2 Å². The molecule has 0 atom stereocenters. The molecule has 2 rings (SSSR count). The van der Waals surface area contributed by atoms with Crippen LogP contribution in [0.5, 0.6) is 0 Å². The number of unbranched alkanes of at least 4 members (excludes halogenated alkanes) is 2. The minimum absolute atomic E-state index is 0.169. The summed E-state index contributed by atoms with van der Waals surface area (Å²) in [4.78, 5) is 13.9. The zero-order chi connectivity index (χ0) is 15.8. The SMILES string of the molecule is CCCCCNC(=O)c1ccc(N(C)c2ccccc2)nn1. The number of aromatic nitrogens is 2. The first kappa shape index (κ1) is 15.9. The van der Waals surface area contributed by atoms with Crippen LogP contribution in [0, 0.1) is 0 Å². The largest absolute Gasteiger partial charge is 0.351 e. The Kier molecular flexibility index (Phi) is 5.89. The summed E-state index contributed by atoms with van der Waals surface area (Å²) in [7, 11) is 1.92. The number of para-hydroxylation sites is 1. The molecule has 0 spiro atoms. The van der Waals surface area contributed by atoms with E-state index in [2.05, 4.69) is 22.4 Å². The first-order valence-electron chi connectivity index (χ1n) is 7.63. The molecule has 0 radical (unpaired) electrons. The molecule has 116 valence electrons. The predicted octanol–water partition coefficient (Wildman–Crippen LogP) is 3.16. The van der Waals surface area contributed by atoms with Crippen LogP contribution in [0.4, 0.5) is 11.5 Å². The monoisotopic (exact) mass is 298 g/mol.